The van der Waals surface area contributed by atoms with Crippen LogP contribution in [0.3, 0.4) is 0 Å². The Labute approximate surface area is 190 Å². The molecule has 0 saturated heterocycles. The summed E-state index contributed by atoms with van der Waals surface area (Å²) in [6, 6.07) is 14.0. The van der Waals surface area contributed by atoms with E-state index < -0.39 is 17.8 Å². The van der Waals surface area contributed by atoms with Crippen molar-refractivity contribution in [2.24, 2.45) is 0 Å². The first-order valence-corrected chi connectivity index (χ1v) is 10.1. The van der Waals surface area contributed by atoms with Crippen LogP contribution in [0.2, 0.25) is 0 Å². The topological polar surface area (TPSA) is 83.1 Å². The number of amides is 1. The summed E-state index contributed by atoms with van der Waals surface area (Å²) in [6.45, 7) is 0. The number of nitrogens with one attached hydrogen (secondary N) is 1. The molecule has 0 radical (unpaired) electrons. The van der Waals surface area contributed by atoms with E-state index in [-0.39, 0.29) is 23.5 Å². The molecule has 0 saturated carbocycles. The number of carbonyl (C=O) groups excluding carboxylic acids is 2. The molecule has 170 valence electrons. The van der Waals surface area contributed by atoms with Gasteiger partial charge in [-0.15, -0.1) is 0 Å². The van der Waals surface area contributed by atoms with E-state index >= 15 is 0 Å². The summed E-state index contributed by atoms with van der Waals surface area (Å²) in [6.07, 6.45) is -0.567. The predicted molar refractivity (Wildman–Crippen MR) is 119 cm³/mol. The van der Waals surface area contributed by atoms with Gasteiger partial charge in [0.2, 0.25) is 5.75 Å². The third kappa shape index (κ3) is 4.32. The Morgan fingerprint density at radius 3 is 2.45 bits per heavy atom. The van der Waals surface area contributed by atoms with Crippen molar-refractivity contribution in [3.8, 4) is 23.0 Å². The highest BCUT2D eigenvalue weighted by molar-refractivity contribution is 6.05. The number of methoxy groups -OCH3 is 3. The summed E-state index contributed by atoms with van der Waals surface area (Å²) in [4.78, 5) is 25.7. The molecule has 1 atom stereocenters. The Morgan fingerprint density at radius 1 is 1.00 bits per heavy atom. The number of rotatable bonds is 6. The van der Waals surface area contributed by atoms with Gasteiger partial charge in [-0.3, -0.25) is 9.59 Å². The Kier molecular flexibility index (Phi) is 6.17. The molecule has 3 aromatic rings. The van der Waals surface area contributed by atoms with Crippen LogP contribution in [-0.4, -0.2) is 33.0 Å². The quantitative estimate of drug-likeness (QED) is 0.579. The molecule has 1 heterocycles. The van der Waals surface area contributed by atoms with Crippen LogP contribution < -0.4 is 24.3 Å². The Hall–Kier alpha value is -4.07. The van der Waals surface area contributed by atoms with E-state index in [0.29, 0.717) is 34.1 Å². The smallest absolute Gasteiger partial charge is 0.255 e. The van der Waals surface area contributed by atoms with Crippen LogP contribution >= 0.6 is 0 Å². The number of ether oxygens (including phenoxy) is 4. The SMILES string of the molecule is COc1cc2c(c(OC)c1OC)C(=O)CC(c1cccc(C(=O)Nc3cccc(F)c3)c1)O2. The third-order valence-electron chi connectivity index (χ3n) is 5.32. The van der Waals surface area contributed by atoms with Crippen molar-refractivity contribution in [2.45, 2.75) is 12.5 Å². The minimum Gasteiger partial charge on any atom is -0.493 e. The average molecular weight is 451 g/mol. The van der Waals surface area contributed by atoms with Crippen LogP contribution in [0.25, 0.3) is 0 Å². The van der Waals surface area contributed by atoms with E-state index in [9.17, 15) is 14.0 Å². The normalized spacial score (nSPS) is 14.7. The third-order valence-corrected chi connectivity index (χ3v) is 5.32. The molecule has 0 aliphatic carbocycles. The maximum Gasteiger partial charge on any atom is 0.255 e. The van der Waals surface area contributed by atoms with Gasteiger partial charge in [-0.2, -0.15) is 0 Å². The zero-order valence-corrected chi connectivity index (χ0v) is 18.3. The van der Waals surface area contributed by atoms with E-state index in [4.69, 9.17) is 18.9 Å². The Bertz CT molecular complexity index is 1230. The minimum atomic E-state index is -0.616. The minimum absolute atomic E-state index is 0.0494. The van der Waals surface area contributed by atoms with E-state index in [0.717, 1.165) is 0 Å². The van der Waals surface area contributed by atoms with Gasteiger partial charge in [-0.1, -0.05) is 18.2 Å². The second-order valence-electron chi connectivity index (χ2n) is 7.34. The number of ketones is 1. The summed E-state index contributed by atoms with van der Waals surface area (Å²) >= 11 is 0. The lowest BCUT2D eigenvalue weighted by Gasteiger charge is -2.28. The summed E-state index contributed by atoms with van der Waals surface area (Å²) in [5.74, 6) is 0.192. The highest BCUT2D eigenvalue weighted by atomic mass is 19.1. The van der Waals surface area contributed by atoms with Crippen molar-refractivity contribution in [1.29, 1.82) is 0 Å². The zero-order chi connectivity index (χ0) is 23.5. The molecule has 7 nitrogen and oxygen atoms in total. The van der Waals surface area contributed by atoms with Crippen molar-refractivity contribution in [3.05, 3.63) is 77.1 Å². The number of carbonyl (C=O) groups is 2. The maximum atomic E-state index is 13.4. The van der Waals surface area contributed by atoms with Gasteiger partial charge in [0, 0.05) is 17.3 Å². The summed E-state index contributed by atoms with van der Waals surface area (Å²) in [7, 11) is 4.38. The van der Waals surface area contributed by atoms with E-state index in [1.807, 2.05) is 0 Å². The fraction of sp³-hybridized carbons (Fsp3) is 0.200. The second kappa shape index (κ2) is 9.20. The van der Waals surface area contributed by atoms with Crippen LogP contribution in [0.5, 0.6) is 23.0 Å². The van der Waals surface area contributed by atoms with Crippen LogP contribution in [0.15, 0.2) is 54.6 Å². The lowest BCUT2D eigenvalue weighted by Crippen LogP contribution is -2.22. The monoisotopic (exact) mass is 451 g/mol. The van der Waals surface area contributed by atoms with E-state index in [1.165, 1.54) is 39.5 Å². The van der Waals surface area contributed by atoms with Crippen LogP contribution in [0, 0.1) is 5.82 Å². The number of Topliss-reactive ketones (excluding diaryl/α,β-unsaturated/α-hetero) is 1. The van der Waals surface area contributed by atoms with E-state index in [2.05, 4.69) is 5.32 Å². The summed E-state index contributed by atoms with van der Waals surface area (Å²) < 4.78 is 35.7. The van der Waals surface area contributed by atoms with Crippen molar-refractivity contribution < 1.29 is 32.9 Å². The Morgan fingerprint density at radius 2 is 1.76 bits per heavy atom. The van der Waals surface area contributed by atoms with Gasteiger partial charge in [-0.25, -0.2) is 4.39 Å². The molecule has 4 rings (SSSR count). The standard InChI is InChI=1S/C25H22FNO6/c1-30-21-13-20-22(24(32-3)23(21)31-2)18(28)12-19(33-20)14-6-4-7-15(10-14)25(29)27-17-9-5-8-16(26)11-17/h4-11,13,19H,12H2,1-3H3,(H,27,29). The van der Waals surface area contributed by atoms with Gasteiger partial charge in [0.15, 0.2) is 17.3 Å². The van der Waals surface area contributed by atoms with Gasteiger partial charge in [0.25, 0.3) is 5.91 Å². The highest BCUT2D eigenvalue weighted by Crippen LogP contribution is 2.49. The summed E-state index contributed by atoms with van der Waals surface area (Å²) in [5.41, 5.74) is 1.63. The molecule has 0 fully saturated rings. The van der Waals surface area contributed by atoms with Gasteiger partial charge in [-0.05, 0) is 35.9 Å². The number of halogens is 1. The molecule has 1 unspecified atom stereocenters. The number of benzene rings is 3. The molecule has 0 bridgehead atoms. The first-order valence-electron chi connectivity index (χ1n) is 10.1. The van der Waals surface area contributed by atoms with Crippen molar-refractivity contribution in [3.63, 3.8) is 0 Å². The maximum absolute atomic E-state index is 13.4. The molecule has 0 spiro atoms. The molecule has 1 aliphatic rings. The van der Waals surface area contributed by atoms with E-state index in [1.54, 1.807) is 36.4 Å². The molecule has 1 amide bonds. The summed E-state index contributed by atoms with van der Waals surface area (Å²) in [5, 5.41) is 2.66. The predicted octanol–water partition coefficient (Wildman–Crippen LogP) is 4.81. The number of anilines is 1. The van der Waals surface area contributed by atoms with Gasteiger partial charge >= 0.3 is 0 Å². The first kappa shape index (κ1) is 22.1. The number of fused-ring (bicyclic) bond motifs is 1. The molecule has 33 heavy (non-hydrogen) atoms. The molecular formula is C25H22FNO6. The molecule has 1 N–H and O–H groups in total. The molecule has 0 aromatic heterocycles. The number of hydrogen-bond donors (Lipinski definition) is 1. The molecular weight excluding hydrogens is 429 g/mol. The van der Waals surface area contributed by atoms with Crippen molar-refractivity contribution >= 4 is 17.4 Å². The van der Waals surface area contributed by atoms with Gasteiger partial charge in [0.05, 0.1) is 27.8 Å². The van der Waals surface area contributed by atoms with Crippen LogP contribution in [0.1, 0.15) is 38.8 Å². The number of hydrogen-bond acceptors (Lipinski definition) is 6. The fourth-order valence-electron chi connectivity index (χ4n) is 3.79. The Balaban J connectivity index is 1.63. The van der Waals surface area contributed by atoms with Gasteiger partial charge in [0.1, 0.15) is 23.2 Å². The largest absolute Gasteiger partial charge is 0.493 e. The molecule has 8 heteroatoms. The average Bonchev–Trinajstić information content (AvgIpc) is 2.82. The second-order valence-corrected chi connectivity index (χ2v) is 7.34. The highest BCUT2D eigenvalue weighted by Gasteiger charge is 2.34. The fourth-order valence-corrected chi connectivity index (χ4v) is 3.79. The molecule has 1 aliphatic heterocycles. The molecule has 3 aromatic carbocycles. The lowest BCUT2D eigenvalue weighted by molar-refractivity contribution is 0.0842. The lowest BCUT2D eigenvalue weighted by atomic mass is 9.94. The first-order chi connectivity index (χ1) is 15.9. The van der Waals surface area contributed by atoms with Crippen LogP contribution in [0.4, 0.5) is 10.1 Å². The van der Waals surface area contributed by atoms with Gasteiger partial charge < -0.3 is 24.3 Å². The van der Waals surface area contributed by atoms with Crippen molar-refractivity contribution in [2.75, 3.05) is 26.6 Å². The van der Waals surface area contributed by atoms with Crippen molar-refractivity contribution in [1.82, 2.24) is 0 Å². The van der Waals surface area contributed by atoms with Crippen LogP contribution in [-0.2, 0) is 0 Å². The zero-order valence-electron chi connectivity index (χ0n) is 18.3.